The van der Waals surface area contributed by atoms with Crippen LogP contribution in [0.1, 0.15) is 17.7 Å². The normalized spacial score (nSPS) is 19.9. The summed E-state index contributed by atoms with van der Waals surface area (Å²) < 4.78 is 5.59. The van der Waals surface area contributed by atoms with Crippen LogP contribution in [0.4, 0.5) is 0 Å². The van der Waals surface area contributed by atoms with E-state index in [4.69, 9.17) is 10.5 Å². The van der Waals surface area contributed by atoms with Gasteiger partial charge >= 0.3 is 0 Å². The van der Waals surface area contributed by atoms with E-state index in [1.165, 1.54) is 4.88 Å². The molecule has 0 saturated carbocycles. The van der Waals surface area contributed by atoms with Gasteiger partial charge in [-0.3, -0.25) is 9.69 Å². The Morgan fingerprint density at radius 2 is 2.53 bits per heavy atom. The van der Waals surface area contributed by atoms with Crippen molar-refractivity contribution in [2.45, 2.75) is 25.5 Å². The highest BCUT2D eigenvalue weighted by atomic mass is 32.1. The quantitative estimate of drug-likeness (QED) is 0.830. The summed E-state index contributed by atoms with van der Waals surface area (Å²) in [5, 5.41) is 2.05. The van der Waals surface area contributed by atoms with Crippen LogP contribution in [-0.4, -0.2) is 36.6 Å². The van der Waals surface area contributed by atoms with Crippen LogP contribution in [-0.2, 0) is 16.1 Å². The van der Waals surface area contributed by atoms with Crippen LogP contribution in [0.5, 0.6) is 0 Å². The molecule has 1 unspecified atom stereocenters. The Labute approximate surface area is 105 Å². The molecule has 4 nitrogen and oxygen atoms in total. The van der Waals surface area contributed by atoms with Crippen LogP contribution < -0.4 is 5.73 Å². The third-order valence-electron chi connectivity index (χ3n) is 2.82. The van der Waals surface area contributed by atoms with Gasteiger partial charge in [0, 0.05) is 24.6 Å². The fourth-order valence-electron chi connectivity index (χ4n) is 2.10. The topological polar surface area (TPSA) is 55.6 Å². The molecule has 1 saturated heterocycles. The fourth-order valence-corrected chi connectivity index (χ4v) is 2.85. The van der Waals surface area contributed by atoms with Gasteiger partial charge < -0.3 is 10.5 Å². The summed E-state index contributed by atoms with van der Waals surface area (Å²) in [5.41, 5.74) is 5.28. The molecule has 0 aromatic carbocycles. The van der Waals surface area contributed by atoms with E-state index in [0.29, 0.717) is 6.54 Å². The summed E-state index contributed by atoms with van der Waals surface area (Å²) >= 11 is 1.70. The van der Waals surface area contributed by atoms with Crippen molar-refractivity contribution in [1.82, 2.24) is 4.90 Å². The number of hydrogen-bond donors (Lipinski definition) is 1. The molecule has 0 radical (unpaired) electrons. The van der Waals surface area contributed by atoms with Crippen LogP contribution >= 0.6 is 11.3 Å². The first-order valence-electron chi connectivity index (χ1n) is 5.88. The molecule has 1 aromatic heterocycles. The number of nitrogens with zero attached hydrogens (tertiary/aromatic N) is 1. The lowest BCUT2D eigenvalue weighted by Gasteiger charge is -2.23. The van der Waals surface area contributed by atoms with E-state index in [-0.39, 0.29) is 12.0 Å². The van der Waals surface area contributed by atoms with Crippen molar-refractivity contribution in [3.63, 3.8) is 0 Å². The molecule has 1 amide bonds. The SMILES string of the molecule is NC(=O)CN(Cc1cccs1)CC1CCCO1. The minimum Gasteiger partial charge on any atom is -0.377 e. The molecule has 1 aromatic rings. The van der Waals surface area contributed by atoms with Gasteiger partial charge in [-0.2, -0.15) is 0 Å². The number of rotatable bonds is 6. The number of carbonyl (C=O) groups is 1. The molecule has 2 N–H and O–H groups in total. The monoisotopic (exact) mass is 254 g/mol. The predicted molar refractivity (Wildman–Crippen MR) is 67.8 cm³/mol. The number of carbonyl (C=O) groups excluding carboxylic acids is 1. The van der Waals surface area contributed by atoms with Crippen molar-refractivity contribution in [1.29, 1.82) is 0 Å². The largest absolute Gasteiger partial charge is 0.377 e. The van der Waals surface area contributed by atoms with Crippen molar-refractivity contribution in [3.05, 3.63) is 22.4 Å². The van der Waals surface area contributed by atoms with E-state index in [9.17, 15) is 4.79 Å². The van der Waals surface area contributed by atoms with E-state index in [1.807, 2.05) is 11.4 Å². The van der Waals surface area contributed by atoms with Gasteiger partial charge in [0.05, 0.1) is 12.6 Å². The van der Waals surface area contributed by atoms with Crippen LogP contribution in [0.2, 0.25) is 0 Å². The molecule has 2 heterocycles. The van der Waals surface area contributed by atoms with Crippen molar-refractivity contribution in [2.24, 2.45) is 5.73 Å². The second kappa shape index (κ2) is 6.14. The lowest BCUT2D eigenvalue weighted by molar-refractivity contribution is -0.119. The van der Waals surface area contributed by atoms with Gasteiger partial charge in [0.1, 0.15) is 0 Å². The molecular formula is C12H18N2O2S. The predicted octanol–water partition coefficient (Wildman–Crippen LogP) is 1.21. The summed E-state index contributed by atoms with van der Waals surface area (Å²) in [6.45, 7) is 2.72. The minimum atomic E-state index is -0.278. The average molecular weight is 254 g/mol. The van der Waals surface area contributed by atoms with Crippen LogP contribution in [0.15, 0.2) is 17.5 Å². The Hall–Kier alpha value is -0.910. The number of primary amides is 1. The summed E-state index contributed by atoms with van der Waals surface area (Å²) in [6, 6.07) is 4.10. The number of amides is 1. The van der Waals surface area contributed by atoms with Gasteiger partial charge in [-0.1, -0.05) is 6.07 Å². The number of nitrogens with two attached hydrogens (primary N) is 1. The summed E-state index contributed by atoms with van der Waals surface area (Å²) in [5.74, 6) is -0.278. The van der Waals surface area contributed by atoms with Crippen molar-refractivity contribution in [2.75, 3.05) is 19.7 Å². The molecule has 2 rings (SSSR count). The fraction of sp³-hybridized carbons (Fsp3) is 0.583. The Balaban J connectivity index is 1.89. The van der Waals surface area contributed by atoms with E-state index in [1.54, 1.807) is 11.3 Å². The van der Waals surface area contributed by atoms with E-state index in [2.05, 4.69) is 11.0 Å². The standard InChI is InChI=1S/C12H18N2O2S/c13-12(15)9-14(7-10-3-1-5-16-10)8-11-4-2-6-17-11/h2,4,6,10H,1,3,5,7-9H2,(H2,13,15). The van der Waals surface area contributed by atoms with Crippen molar-refractivity contribution < 1.29 is 9.53 Å². The molecule has 0 bridgehead atoms. The maximum atomic E-state index is 11.1. The molecule has 0 spiro atoms. The molecule has 94 valence electrons. The Kier molecular flexibility index (Phi) is 4.53. The molecule has 1 aliphatic rings. The Morgan fingerprint density at radius 1 is 1.65 bits per heavy atom. The second-order valence-electron chi connectivity index (χ2n) is 4.35. The first-order valence-corrected chi connectivity index (χ1v) is 6.76. The van der Waals surface area contributed by atoms with E-state index >= 15 is 0 Å². The maximum absolute atomic E-state index is 11.1. The Bertz CT molecular complexity index is 347. The lowest BCUT2D eigenvalue weighted by atomic mass is 10.2. The molecule has 1 aliphatic heterocycles. The van der Waals surface area contributed by atoms with Crippen molar-refractivity contribution >= 4 is 17.2 Å². The third-order valence-corrected chi connectivity index (χ3v) is 3.69. The van der Waals surface area contributed by atoms with Gasteiger partial charge in [-0.15, -0.1) is 11.3 Å². The molecule has 1 atom stereocenters. The summed E-state index contributed by atoms with van der Waals surface area (Å²) in [7, 11) is 0. The lowest BCUT2D eigenvalue weighted by Crippen LogP contribution is -2.38. The van der Waals surface area contributed by atoms with Crippen LogP contribution in [0.25, 0.3) is 0 Å². The van der Waals surface area contributed by atoms with E-state index in [0.717, 1.165) is 32.5 Å². The zero-order valence-electron chi connectivity index (χ0n) is 9.80. The summed E-state index contributed by atoms with van der Waals surface area (Å²) in [6.07, 6.45) is 2.46. The maximum Gasteiger partial charge on any atom is 0.231 e. The number of ether oxygens (including phenoxy) is 1. The second-order valence-corrected chi connectivity index (χ2v) is 5.38. The Morgan fingerprint density at radius 3 is 3.12 bits per heavy atom. The molecule has 17 heavy (non-hydrogen) atoms. The van der Waals surface area contributed by atoms with Gasteiger partial charge in [0.2, 0.25) is 5.91 Å². The van der Waals surface area contributed by atoms with Crippen molar-refractivity contribution in [3.8, 4) is 0 Å². The van der Waals surface area contributed by atoms with E-state index < -0.39 is 0 Å². The summed E-state index contributed by atoms with van der Waals surface area (Å²) in [4.78, 5) is 14.4. The van der Waals surface area contributed by atoms with Crippen LogP contribution in [0.3, 0.4) is 0 Å². The average Bonchev–Trinajstić information content (AvgIpc) is 2.89. The van der Waals surface area contributed by atoms with Gasteiger partial charge in [0.15, 0.2) is 0 Å². The zero-order chi connectivity index (χ0) is 12.1. The molecular weight excluding hydrogens is 236 g/mol. The third kappa shape index (κ3) is 4.11. The number of hydrogen-bond acceptors (Lipinski definition) is 4. The van der Waals surface area contributed by atoms with Gasteiger partial charge in [-0.25, -0.2) is 0 Å². The van der Waals surface area contributed by atoms with Gasteiger partial charge in [0.25, 0.3) is 0 Å². The zero-order valence-corrected chi connectivity index (χ0v) is 10.6. The smallest absolute Gasteiger partial charge is 0.231 e. The first kappa shape index (κ1) is 12.5. The molecule has 5 heteroatoms. The minimum absolute atomic E-state index is 0.259. The molecule has 0 aliphatic carbocycles. The highest BCUT2D eigenvalue weighted by Gasteiger charge is 2.20. The van der Waals surface area contributed by atoms with Crippen LogP contribution in [0, 0.1) is 0 Å². The first-order chi connectivity index (χ1) is 8.24. The molecule has 1 fully saturated rings. The van der Waals surface area contributed by atoms with Gasteiger partial charge in [-0.05, 0) is 24.3 Å². The highest BCUT2D eigenvalue weighted by Crippen LogP contribution is 2.16. The highest BCUT2D eigenvalue weighted by molar-refractivity contribution is 7.09. The number of thiophene rings is 1.